The van der Waals surface area contributed by atoms with Gasteiger partial charge in [0.2, 0.25) is 0 Å². The zero-order chi connectivity index (χ0) is 23.3. The minimum absolute atomic E-state index is 0. The fourth-order valence-corrected chi connectivity index (χ4v) is 4.05. The summed E-state index contributed by atoms with van der Waals surface area (Å²) in [6.07, 6.45) is 5.86. The smallest absolute Gasteiger partial charge is 0.119 e. The van der Waals surface area contributed by atoms with Gasteiger partial charge in [-0.25, -0.2) is 0 Å². The van der Waals surface area contributed by atoms with Crippen LogP contribution in [0, 0.1) is 11.3 Å². The Balaban J connectivity index is 0.00000408. The number of ether oxygens (including phenoxy) is 2. The lowest BCUT2D eigenvalue weighted by atomic mass is 10.0. The van der Waals surface area contributed by atoms with E-state index in [4.69, 9.17) is 9.47 Å². The van der Waals surface area contributed by atoms with Crippen LogP contribution in [0.4, 0.5) is 0 Å². The molecule has 0 aliphatic carbocycles. The van der Waals surface area contributed by atoms with Crippen LogP contribution >= 0.6 is 12.4 Å². The maximum atomic E-state index is 9.68. The number of rotatable bonds is 12. The van der Waals surface area contributed by atoms with Gasteiger partial charge in [0, 0.05) is 13.1 Å². The third kappa shape index (κ3) is 9.02. The van der Waals surface area contributed by atoms with Gasteiger partial charge < -0.3 is 14.4 Å². The van der Waals surface area contributed by atoms with Gasteiger partial charge in [-0.3, -0.25) is 4.90 Å². The van der Waals surface area contributed by atoms with Crippen molar-refractivity contribution < 1.29 is 9.47 Å². The van der Waals surface area contributed by atoms with Crippen LogP contribution in [-0.2, 0) is 0 Å². The first kappa shape index (κ1) is 27.7. The van der Waals surface area contributed by atoms with Crippen LogP contribution in [-0.4, -0.2) is 62.3 Å². The van der Waals surface area contributed by atoms with Crippen molar-refractivity contribution in [3.63, 3.8) is 0 Å². The molecule has 0 amide bonds. The molecule has 1 heterocycles. The maximum absolute atomic E-state index is 9.68. The van der Waals surface area contributed by atoms with Crippen LogP contribution in [0.2, 0.25) is 0 Å². The van der Waals surface area contributed by atoms with Gasteiger partial charge in [0.05, 0.1) is 11.6 Å². The molecule has 0 radical (unpaired) electrons. The quantitative estimate of drug-likeness (QED) is 0.284. The van der Waals surface area contributed by atoms with Crippen molar-refractivity contribution in [2.75, 3.05) is 52.5 Å². The summed E-state index contributed by atoms with van der Waals surface area (Å²) in [5.74, 6) is 1.70. The summed E-state index contributed by atoms with van der Waals surface area (Å²) >= 11 is 0. The van der Waals surface area contributed by atoms with Crippen molar-refractivity contribution >= 4 is 24.1 Å². The number of halogens is 1. The number of piperidine rings is 1. The van der Waals surface area contributed by atoms with E-state index in [1.807, 2.05) is 54.6 Å². The number of hydrogen-bond donors (Lipinski definition) is 0. The fraction of sp³-hybridized carbons (Fsp3) is 0.464. The summed E-state index contributed by atoms with van der Waals surface area (Å²) in [5.41, 5.74) is 2.49. The standard InChI is InChI=1S/C28H37N3O2.ClH/c1-3-30(4-2)18-20-32-28-14-10-25(11-15-28)26(23-29)22-24-8-12-27(13-9-24)33-21-19-31-16-6-5-7-17-31;/h8-15,22H,3-7,16-21H2,1-2H3;1H/b26-22+;. The van der Waals surface area contributed by atoms with Gasteiger partial charge in [-0.05, 0) is 92.6 Å². The molecule has 1 fully saturated rings. The van der Waals surface area contributed by atoms with Gasteiger partial charge in [0.25, 0.3) is 0 Å². The predicted molar refractivity (Wildman–Crippen MR) is 143 cm³/mol. The topological polar surface area (TPSA) is 48.7 Å². The van der Waals surface area contributed by atoms with E-state index in [0.717, 1.165) is 48.8 Å². The lowest BCUT2D eigenvalue weighted by molar-refractivity contribution is 0.183. The highest BCUT2D eigenvalue weighted by Crippen LogP contribution is 2.22. The third-order valence-corrected chi connectivity index (χ3v) is 6.17. The summed E-state index contributed by atoms with van der Waals surface area (Å²) in [5, 5.41) is 9.68. The van der Waals surface area contributed by atoms with Crippen LogP contribution in [0.1, 0.15) is 44.2 Å². The number of likely N-dealkylation sites (tertiary alicyclic amines) is 1. The van der Waals surface area contributed by atoms with Crippen LogP contribution in [0.15, 0.2) is 48.5 Å². The van der Waals surface area contributed by atoms with Crippen LogP contribution < -0.4 is 9.47 Å². The normalized spacial score (nSPS) is 14.4. The second-order valence-electron chi connectivity index (χ2n) is 8.39. The maximum Gasteiger partial charge on any atom is 0.119 e. The van der Waals surface area contributed by atoms with Crippen LogP contribution in [0.3, 0.4) is 0 Å². The van der Waals surface area contributed by atoms with Crippen LogP contribution in [0.5, 0.6) is 11.5 Å². The lowest BCUT2D eigenvalue weighted by Gasteiger charge is -2.26. The number of nitrogens with zero attached hydrogens (tertiary/aromatic N) is 3. The SMILES string of the molecule is CCN(CC)CCOc1ccc(/C(C#N)=C/c2ccc(OCCN3CCCCC3)cc2)cc1.Cl. The van der Waals surface area contributed by atoms with Gasteiger partial charge in [-0.1, -0.05) is 32.4 Å². The summed E-state index contributed by atoms with van der Waals surface area (Å²) in [6, 6.07) is 18.0. The molecule has 1 saturated heterocycles. The lowest BCUT2D eigenvalue weighted by Crippen LogP contribution is -2.33. The van der Waals surface area contributed by atoms with E-state index in [0.29, 0.717) is 18.8 Å². The van der Waals surface area contributed by atoms with Crippen LogP contribution in [0.25, 0.3) is 11.6 Å². The van der Waals surface area contributed by atoms with Crippen molar-refractivity contribution in [1.29, 1.82) is 5.26 Å². The van der Waals surface area contributed by atoms with Gasteiger partial charge >= 0.3 is 0 Å². The molecule has 184 valence electrons. The zero-order valence-electron chi connectivity index (χ0n) is 20.5. The highest BCUT2D eigenvalue weighted by atomic mass is 35.5. The summed E-state index contributed by atoms with van der Waals surface area (Å²) in [7, 11) is 0. The second kappa shape index (κ2) is 15.4. The Morgan fingerprint density at radius 2 is 1.50 bits per heavy atom. The van der Waals surface area contributed by atoms with Gasteiger partial charge in [-0.2, -0.15) is 5.26 Å². The number of hydrogen-bond acceptors (Lipinski definition) is 5. The van der Waals surface area contributed by atoms with Crippen molar-refractivity contribution in [2.45, 2.75) is 33.1 Å². The van der Waals surface area contributed by atoms with E-state index in [-0.39, 0.29) is 12.4 Å². The molecule has 3 rings (SSSR count). The molecule has 0 saturated carbocycles. The molecule has 0 unspecified atom stereocenters. The zero-order valence-corrected chi connectivity index (χ0v) is 21.4. The number of likely N-dealkylation sites (N-methyl/N-ethyl adjacent to an activating group) is 1. The fourth-order valence-electron chi connectivity index (χ4n) is 4.05. The molecule has 5 nitrogen and oxygen atoms in total. The van der Waals surface area contributed by atoms with Gasteiger partial charge in [-0.15, -0.1) is 12.4 Å². The molecule has 0 atom stereocenters. The molecule has 2 aromatic carbocycles. The molecule has 2 aromatic rings. The minimum Gasteiger partial charge on any atom is -0.492 e. The molecule has 0 spiro atoms. The largest absolute Gasteiger partial charge is 0.492 e. The van der Waals surface area contributed by atoms with Crippen molar-refractivity contribution in [3.8, 4) is 17.6 Å². The van der Waals surface area contributed by atoms with Gasteiger partial charge in [0.15, 0.2) is 0 Å². The molecule has 34 heavy (non-hydrogen) atoms. The third-order valence-electron chi connectivity index (χ3n) is 6.17. The monoisotopic (exact) mass is 483 g/mol. The molecular formula is C28H38ClN3O2. The molecule has 0 bridgehead atoms. The summed E-state index contributed by atoms with van der Waals surface area (Å²) in [4.78, 5) is 4.80. The summed E-state index contributed by atoms with van der Waals surface area (Å²) < 4.78 is 11.8. The van der Waals surface area contributed by atoms with Crippen molar-refractivity contribution in [3.05, 3.63) is 59.7 Å². The van der Waals surface area contributed by atoms with Gasteiger partial charge in [0.1, 0.15) is 24.7 Å². The first-order chi connectivity index (χ1) is 16.2. The Bertz CT molecular complexity index is 897. The van der Waals surface area contributed by atoms with E-state index in [2.05, 4.69) is 29.7 Å². The van der Waals surface area contributed by atoms with Crippen molar-refractivity contribution in [2.24, 2.45) is 0 Å². The van der Waals surface area contributed by atoms with E-state index in [1.165, 1.54) is 32.4 Å². The average Bonchev–Trinajstić information content (AvgIpc) is 2.87. The Kier molecular flexibility index (Phi) is 12.6. The predicted octanol–water partition coefficient (Wildman–Crippen LogP) is 5.76. The van der Waals surface area contributed by atoms with E-state index in [1.54, 1.807) is 0 Å². The van der Waals surface area contributed by atoms with Crippen molar-refractivity contribution in [1.82, 2.24) is 9.80 Å². The Morgan fingerprint density at radius 3 is 2.09 bits per heavy atom. The highest BCUT2D eigenvalue weighted by molar-refractivity contribution is 5.89. The molecular weight excluding hydrogens is 446 g/mol. The van der Waals surface area contributed by atoms with E-state index in [9.17, 15) is 5.26 Å². The molecule has 6 heteroatoms. The highest BCUT2D eigenvalue weighted by Gasteiger charge is 2.09. The number of allylic oxidation sites excluding steroid dienone is 1. The summed E-state index contributed by atoms with van der Waals surface area (Å²) in [6.45, 7) is 12.0. The molecule has 1 aliphatic heterocycles. The second-order valence-corrected chi connectivity index (χ2v) is 8.39. The number of nitriles is 1. The molecule has 1 aliphatic rings. The Labute approximate surface area is 211 Å². The average molecular weight is 484 g/mol. The number of benzene rings is 2. The van der Waals surface area contributed by atoms with E-state index < -0.39 is 0 Å². The minimum atomic E-state index is 0. The van der Waals surface area contributed by atoms with E-state index >= 15 is 0 Å². The Morgan fingerprint density at radius 1 is 0.912 bits per heavy atom. The Hall–Kier alpha value is -2.52. The molecule has 0 N–H and O–H groups in total. The molecule has 0 aromatic heterocycles. The first-order valence-corrected chi connectivity index (χ1v) is 12.2. The first-order valence-electron chi connectivity index (χ1n) is 12.2.